The maximum Gasteiger partial charge on any atom is 0.243 e. The number of nitrogens with zero attached hydrogens (tertiary/aromatic N) is 4. The van der Waals surface area contributed by atoms with E-state index in [1.54, 1.807) is 44.2 Å². The van der Waals surface area contributed by atoms with Gasteiger partial charge in [-0.05, 0) is 49.7 Å². The van der Waals surface area contributed by atoms with Gasteiger partial charge in [0, 0.05) is 53.7 Å². The van der Waals surface area contributed by atoms with Gasteiger partial charge in [-0.25, -0.2) is 13.4 Å². The first-order valence-electron chi connectivity index (χ1n) is 11.9. The first-order valence-corrected chi connectivity index (χ1v) is 14.1. The second-order valence-corrected chi connectivity index (χ2v) is 12.0. The van der Waals surface area contributed by atoms with Crippen LogP contribution in [0.3, 0.4) is 0 Å². The minimum absolute atomic E-state index is 0.0802. The average molecular weight is 587 g/mol. The van der Waals surface area contributed by atoms with Crippen LogP contribution < -0.4 is 5.43 Å². The summed E-state index contributed by atoms with van der Waals surface area (Å²) in [5, 5.41) is 21.9. The number of sulfonamides is 1. The lowest BCUT2D eigenvalue weighted by molar-refractivity contribution is 0.182. The molecule has 1 aliphatic heterocycles. The number of hydrogen-bond donors (Lipinski definition) is 3. The van der Waals surface area contributed by atoms with Crippen molar-refractivity contribution in [1.29, 1.82) is 0 Å². The number of aromatic hydroxyl groups is 2. The molecule has 194 valence electrons. The molecule has 0 saturated carbocycles. The third-order valence-electron chi connectivity index (χ3n) is 6.85. The number of pyridine rings is 1. The van der Waals surface area contributed by atoms with E-state index in [0.29, 0.717) is 54.6 Å². The van der Waals surface area contributed by atoms with Crippen LogP contribution >= 0.6 is 15.9 Å². The van der Waals surface area contributed by atoms with Gasteiger partial charge in [-0.3, -0.25) is 10.3 Å². The molecule has 9 nitrogen and oxygen atoms in total. The SMILES string of the molecule is Cc1c(C)c(O)n(Nc2cc(CN3CCN(S(=O)(=O)c4ccccc4)CC3)c3ccc(Br)cc3n2)c1O. The predicted octanol–water partition coefficient (Wildman–Crippen LogP) is 4.21. The van der Waals surface area contributed by atoms with E-state index in [2.05, 4.69) is 26.3 Å². The Hall–Kier alpha value is -3.12. The molecule has 5 rings (SSSR count). The highest BCUT2D eigenvalue weighted by Crippen LogP contribution is 2.33. The molecule has 0 aliphatic carbocycles. The Kier molecular flexibility index (Phi) is 6.88. The van der Waals surface area contributed by atoms with Crippen LogP contribution in [0.15, 0.2) is 64.0 Å². The lowest BCUT2D eigenvalue weighted by Crippen LogP contribution is -2.48. The van der Waals surface area contributed by atoms with Crippen molar-refractivity contribution < 1.29 is 18.6 Å². The van der Waals surface area contributed by atoms with Gasteiger partial charge in [0.05, 0.1) is 10.4 Å². The number of fused-ring (bicyclic) bond motifs is 1. The van der Waals surface area contributed by atoms with Crippen molar-refractivity contribution in [3.05, 3.63) is 75.8 Å². The topological polar surface area (TPSA) is 111 Å². The molecule has 37 heavy (non-hydrogen) atoms. The first-order chi connectivity index (χ1) is 17.6. The van der Waals surface area contributed by atoms with Crippen LogP contribution in [0.2, 0.25) is 0 Å². The zero-order valence-corrected chi connectivity index (χ0v) is 22.9. The minimum atomic E-state index is -3.52. The fourth-order valence-electron chi connectivity index (χ4n) is 4.56. The van der Waals surface area contributed by atoms with E-state index in [1.807, 2.05) is 24.3 Å². The largest absolute Gasteiger partial charge is 0.493 e. The van der Waals surface area contributed by atoms with Gasteiger partial charge in [-0.2, -0.15) is 8.98 Å². The summed E-state index contributed by atoms with van der Waals surface area (Å²) >= 11 is 3.51. The third kappa shape index (κ3) is 4.91. The van der Waals surface area contributed by atoms with Crippen molar-refractivity contribution in [3.63, 3.8) is 0 Å². The fourth-order valence-corrected chi connectivity index (χ4v) is 6.36. The zero-order valence-electron chi connectivity index (χ0n) is 20.5. The number of benzene rings is 2. The van der Waals surface area contributed by atoms with Crippen molar-refractivity contribution in [2.75, 3.05) is 31.6 Å². The molecule has 2 aromatic heterocycles. The number of anilines is 1. The Morgan fingerprint density at radius 1 is 0.946 bits per heavy atom. The predicted molar refractivity (Wildman–Crippen MR) is 146 cm³/mol. The summed E-state index contributed by atoms with van der Waals surface area (Å²) in [6, 6.07) is 16.3. The van der Waals surface area contributed by atoms with Crippen molar-refractivity contribution in [3.8, 4) is 11.8 Å². The molecule has 2 aromatic carbocycles. The Balaban J connectivity index is 1.39. The van der Waals surface area contributed by atoms with Gasteiger partial charge < -0.3 is 10.2 Å². The summed E-state index contributed by atoms with van der Waals surface area (Å²) in [6.45, 7) is 6.05. The van der Waals surface area contributed by atoms with Crippen LogP contribution in [0.5, 0.6) is 11.8 Å². The van der Waals surface area contributed by atoms with Crippen LogP contribution in [0.1, 0.15) is 16.7 Å². The summed E-state index contributed by atoms with van der Waals surface area (Å²) in [5.74, 6) is 0.304. The summed E-state index contributed by atoms with van der Waals surface area (Å²) in [4.78, 5) is 7.22. The normalized spacial score (nSPS) is 15.3. The number of halogens is 1. The highest BCUT2D eigenvalue weighted by molar-refractivity contribution is 9.10. The smallest absolute Gasteiger partial charge is 0.243 e. The van der Waals surface area contributed by atoms with Gasteiger partial charge in [0.25, 0.3) is 0 Å². The standard InChI is InChI=1S/C26H28BrN5O4S/c1-17-18(2)26(34)32(25(17)33)29-24-14-19(22-9-8-20(27)15-23(22)28-24)16-30-10-12-31(13-11-30)37(35,36)21-6-4-3-5-7-21/h3-9,14-15,33-34H,10-13,16H2,1-2H3,(H,28,29). The highest BCUT2D eigenvalue weighted by atomic mass is 79.9. The number of nitrogens with one attached hydrogen (secondary N) is 1. The van der Waals surface area contributed by atoms with Crippen LogP contribution in [-0.4, -0.2) is 63.7 Å². The molecule has 4 aromatic rings. The van der Waals surface area contributed by atoms with Crippen molar-refractivity contribution in [2.24, 2.45) is 0 Å². The summed E-state index contributed by atoms with van der Waals surface area (Å²) in [7, 11) is -3.52. The van der Waals surface area contributed by atoms with Gasteiger partial charge in [-0.1, -0.05) is 40.2 Å². The Morgan fingerprint density at radius 2 is 1.59 bits per heavy atom. The lowest BCUT2D eigenvalue weighted by Gasteiger charge is -2.34. The molecule has 1 saturated heterocycles. The molecule has 3 heterocycles. The van der Waals surface area contributed by atoms with E-state index in [0.717, 1.165) is 20.9 Å². The molecule has 0 amide bonds. The first kappa shape index (κ1) is 25.5. The van der Waals surface area contributed by atoms with Gasteiger partial charge in [-0.15, -0.1) is 0 Å². The van der Waals surface area contributed by atoms with Gasteiger partial charge in [0.2, 0.25) is 21.8 Å². The number of aromatic nitrogens is 2. The second kappa shape index (κ2) is 9.97. The highest BCUT2D eigenvalue weighted by Gasteiger charge is 2.28. The molecule has 1 aliphatic rings. The molecule has 0 atom stereocenters. The molecule has 0 spiro atoms. The van der Waals surface area contributed by atoms with Gasteiger partial charge in [0.15, 0.2) is 0 Å². The van der Waals surface area contributed by atoms with Gasteiger partial charge >= 0.3 is 0 Å². The van der Waals surface area contributed by atoms with Crippen LogP contribution in [-0.2, 0) is 16.6 Å². The quantitative estimate of drug-likeness (QED) is 0.311. The molecule has 1 fully saturated rings. The van der Waals surface area contributed by atoms with E-state index in [1.165, 1.54) is 8.98 Å². The van der Waals surface area contributed by atoms with Gasteiger partial charge in [0.1, 0.15) is 5.82 Å². The Morgan fingerprint density at radius 3 is 2.24 bits per heavy atom. The number of hydrogen-bond acceptors (Lipinski definition) is 7. The molecule has 0 bridgehead atoms. The Bertz CT molecular complexity index is 1540. The maximum absolute atomic E-state index is 13.0. The Labute approximate surface area is 224 Å². The van der Waals surface area contributed by atoms with E-state index >= 15 is 0 Å². The molecule has 11 heteroatoms. The minimum Gasteiger partial charge on any atom is -0.493 e. The maximum atomic E-state index is 13.0. The van der Waals surface area contributed by atoms with Crippen LogP contribution in [0.4, 0.5) is 5.82 Å². The third-order valence-corrected chi connectivity index (χ3v) is 9.25. The number of piperazine rings is 1. The summed E-state index contributed by atoms with van der Waals surface area (Å²) < 4.78 is 29.6. The average Bonchev–Trinajstić information content (AvgIpc) is 3.07. The molecule has 0 unspecified atom stereocenters. The van der Waals surface area contributed by atoms with Crippen molar-refractivity contribution >= 4 is 42.7 Å². The van der Waals surface area contributed by atoms with Crippen LogP contribution in [0.25, 0.3) is 10.9 Å². The molecular formula is C26H28BrN5O4S. The molecule has 3 N–H and O–H groups in total. The van der Waals surface area contributed by atoms with E-state index in [-0.39, 0.29) is 11.8 Å². The fraction of sp³-hybridized carbons (Fsp3) is 0.269. The lowest BCUT2D eigenvalue weighted by atomic mass is 10.1. The zero-order chi connectivity index (χ0) is 26.3. The monoisotopic (exact) mass is 585 g/mol. The summed E-state index contributed by atoms with van der Waals surface area (Å²) in [5.41, 5.74) is 5.93. The van der Waals surface area contributed by atoms with E-state index in [4.69, 9.17) is 4.98 Å². The van der Waals surface area contributed by atoms with E-state index < -0.39 is 10.0 Å². The molecular weight excluding hydrogens is 558 g/mol. The van der Waals surface area contributed by atoms with Crippen LogP contribution in [0, 0.1) is 13.8 Å². The molecule has 0 radical (unpaired) electrons. The second-order valence-electron chi connectivity index (χ2n) is 9.17. The summed E-state index contributed by atoms with van der Waals surface area (Å²) in [6.07, 6.45) is 0. The van der Waals surface area contributed by atoms with Crippen molar-refractivity contribution in [1.82, 2.24) is 18.9 Å². The van der Waals surface area contributed by atoms with Crippen molar-refractivity contribution in [2.45, 2.75) is 25.3 Å². The van der Waals surface area contributed by atoms with E-state index in [9.17, 15) is 18.6 Å². The number of rotatable bonds is 6.